The van der Waals surface area contributed by atoms with Gasteiger partial charge in [0.2, 0.25) is 39.5 Å². The van der Waals surface area contributed by atoms with Crippen LogP contribution in [0.2, 0.25) is 0 Å². The average Bonchev–Trinajstić information content (AvgIpc) is 3.41. The number of alkyl carbamates (subject to hydrolysis) is 3. The van der Waals surface area contributed by atoms with E-state index in [4.69, 9.17) is 37.6 Å². The molecule has 71 heavy (non-hydrogen) atoms. The zero-order chi connectivity index (χ0) is 52.9. The largest absolute Gasteiger partial charge is 0.479 e. The Hall–Kier alpha value is -6.33. The molecule has 0 radical (unpaired) electrons. The second-order valence-electron chi connectivity index (χ2n) is 14.5. The van der Waals surface area contributed by atoms with E-state index in [9.17, 15) is 42.5 Å². The molecule has 21 nitrogen and oxygen atoms in total. The Morgan fingerprint density at radius 2 is 0.676 bits per heavy atom. The number of amides is 3. The van der Waals surface area contributed by atoms with Crippen LogP contribution in [0.15, 0.2) is 121 Å². The fraction of sp³-hybridized carbons (Fsp3) is 0.362. The van der Waals surface area contributed by atoms with Gasteiger partial charge in [0.25, 0.3) is 0 Å². The van der Waals surface area contributed by atoms with Gasteiger partial charge in [0, 0.05) is 39.8 Å². The molecule has 3 amide bonds. The van der Waals surface area contributed by atoms with Crippen LogP contribution in [0.25, 0.3) is 0 Å². The molecule has 4 N–H and O–H groups in total. The highest BCUT2D eigenvalue weighted by molar-refractivity contribution is 7.61. The zero-order valence-electron chi connectivity index (χ0n) is 40.5. The van der Waals surface area contributed by atoms with E-state index in [-0.39, 0.29) is 44.9 Å². The Balaban J connectivity index is 0.000000370. The van der Waals surface area contributed by atoms with E-state index in [0.29, 0.717) is 0 Å². The van der Waals surface area contributed by atoms with Crippen LogP contribution in [-0.2, 0) is 91.8 Å². The van der Waals surface area contributed by atoms with Gasteiger partial charge >= 0.3 is 36.2 Å². The van der Waals surface area contributed by atoms with E-state index >= 15 is 0 Å². The first-order valence-corrected chi connectivity index (χ1v) is 27.4. The van der Waals surface area contributed by atoms with E-state index in [0.717, 1.165) is 36.5 Å². The van der Waals surface area contributed by atoms with Gasteiger partial charge in [-0.05, 0) is 22.3 Å². The van der Waals surface area contributed by atoms with Crippen molar-refractivity contribution in [3.05, 3.63) is 144 Å². The molecule has 0 aliphatic rings. The van der Waals surface area contributed by atoms with Crippen LogP contribution in [0.3, 0.4) is 0 Å². The summed E-state index contributed by atoms with van der Waals surface area (Å²) in [5.74, 6) is -7.59. The van der Waals surface area contributed by atoms with E-state index in [2.05, 4.69) is 20.7 Å². The lowest BCUT2D eigenvalue weighted by atomic mass is 10.2. The van der Waals surface area contributed by atoms with Crippen LogP contribution < -0.4 is 16.0 Å². The van der Waals surface area contributed by atoms with Gasteiger partial charge in [0.1, 0.15) is 26.4 Å². The van der Waals surface area contributed by atoms with Crippen molar-refractivity contribution in [3.63, 3.8) is 0 Å². The number of carboxylic acids is 1. The Morgan fingerprint density at radius 3 is 0.930 bits per heavy atom. The van der Waals surface area contributed by atoms with Gasteiger partial charge in [-0.25, -0.2) is 28.8 Å². The Bertz CT molecular complexity index is 2390. The van der Waals surface area contributed by atoms with Crippen molar-refractivity contribution in [1.29, 1.82) is 0 Å². The van der Waals surface area contributed by atoms with Gasteiger partial charge in [-0.2, -0.15) is 0 Å². The summed E-state index contributed by atoms with van der Waals surface area (Å²) in [7, 11) is -5.67. The fourth-order valence-electron chi connectivity index (χ4n) is 5.76. The van der Waals surface area contributed by atoms with E-state index in [1.807, 2.05) is 60.7 Å². The maximum atomic E-state index is 12.9. The van der Waals surface area contributed by atoms with Crippen molar-refractivity contribution in [2.75, 3.05) is 46.9 Å². The highest BCUT2D eigenvalue weighted by Crippen LogP contribution is 2.51. The molecule has 4 aromatic rings. The van der Waals surface area contributed by atoms with Gasteiger partial charge in [0.15, 0.2) is 0 Å². The van der Waals surface area contributed by atoms with Crippen LogP contribution >= 0.6 is 22.1 Å². The van der Waals surface area contributed by atoms with Crippen molar-refractivity contribution in [2.24, 2.45) is 0 Å². The first kappa shape index (κ1) is 60.8. The number of ether oxygens (including phenoxy) is 5. The van der Waals surface area contributed by atoms with Gasteiger partial charge in [-0.3, -0.25) is 29.6 Å². The quantitative estimate of drug-likeness (QED) is 0.0307. The molecule has 6 unspecified atom stereocenters. The van der Waals surface area contributed by atoms with Crippen LogP contribution in [0.4, 0.5) is 14.4 Å². The monoisotopic (exact) mass is 1050 g/mol. The van der Waals surface area contributed by atoms with Gasteiger partial charge in [-0.15, -0.1) is 0 Å². The second-order valence-corrected chi connectivity index (χ2v) is 23.4. The minimum Gasteiger partial charge on any atom is -0.479 e. The number of rotatable bonds is 23. The van der Waals surface area contributed by atoms with E-state index in [1.54, 1.807) is 74.5 Å². The van der Waals surface area contributed by atoms with Crippen molar-refractivity contribution < 1.29 is 84.8 Å². The summed E-state index contributed by atoms with van der Waals surface area (Å²) in [4.78, 5) is 71.0. The maximum Gasteiger partial charge on any atom is 0.408 e. The molecular formula is C47H62N3O18P3. The number of benzene rings is 4. The van der Waals surface area contributed by atoms with E-state index < -0.39 is 75.6 Å². The van der Waals surface area contributed by atoms with Gasteiger partial charge in [0.05, 0.1) is 7.11 Å². The van der Waals surface area contributed by atoms with Gasteiger partial charge < -0.3 is 42.4 Å². The van der Waals surface area contributed by atoms with Gasteiger partial charge in [-0.1, -0.05) is 142 Å². The molecular weight excluding hydrogens is 987 g/mol. The summed E-state index contributed by atoms with van der Waals surface area (Å²) in [6.45, 7) is 4.76. The number of carbonyl (C=O) groups is 6. The SMILES string of the molecule is CCP(=O)(OC)C(NC(=O)OCc1ccccc1)C(=O)O.CCP(=O)(OC)C(NC(=O)OCc1ccccc1)C(=O)OC.CCP(=O)(OC)C(NC(=O)OCc1ccccc1)C(=O)OCc1ccccc1. The molecule has 0 aromatic heterocycles. The van der Waals surface area contributed by atoms with E-state index in [1.165, 1.54) is 21.1 Å². The van der Waals surface area contributed by atoms with Crippen molar-refractivity contribution in [3.8, 4) is 0 Å². The highest BCUT2D eigenvalue weighted by Gasteiger charge is 2.42. The molecule has 0 aliphatic carbocycles. The highest BCUT2D eigenvalue weighted by atomic mass is 31.2. The van der Waals surface area contributed by atoms with Crippen LogP contribution in [0.1, 0.15) is 43.0 Å². The number of carbonyl (C=O) groups excluding carboxylic acids is 5. The molecule has 0 saturated carbocycles. The lowest BCUT2D eigenvalue weighted by Gasteiger charge is -2.24. The molecule has 0 aliphatic heterocycles. The maximum absolute atomic E-state index is 12.9. The normalized spacial score (nSPS) is 14.3. The Labute approximate surface area is 412 Å². The molecule has 388 valence electrons. The second kappa shape index (κ2) is 31.8. The number of hydrogen-bond donors (Lipinski definition) is 4. The molecule has 0 bridgehead atoms. The number of hydrogen-bond acceptors (Lipinski definition) is 17. The number of methoxy groups -OCH3 is 1. The summed E-state index contributed by atoms with van der Waals surface area (Å²) >= 11 is 0. The summed E-state index contributed by atoms with van der Waals surface area (Å²) in [6, 6.07) is 36.1. The Morgan fingerprint density at radius 1 is 0.423 bits per heavy atom. The number of esters is 2. The predicted molar refractivity (Wildman–Crippen MR) is 262 cm³/mol. The van der Waals surface area contributed by atoms with Crippen molar-refractivity contribution in [2.45, 2.75) is 64.5 Å². The summed E-state index contributed by atoms with van der Waals surface area (Å²) in [5, 5.41) is 15.8. The average molecular weight is 1050 g/mol. The molecule has 4 aromatic carbocycles. The minimum atomic E-state index is -3.51. The number of aliphatic carboxylic acids is 1. The Kier molecular flexibility index (Phi) is 27.2. The lowest BCUT2D eigenvalue weighted by molar-refractivity contribution is -0.145. The van der Waals surface area contributed by atoms with Crippen LogP contribution in [0.5, 0.6) is 0 Å². The summed E-state index contributed by atoms with van der Waals surface area (Å²) < 4.78 is 77.2. The third kappa shape index (κ3) is 20.9. The van der Waals surface area contributed by atoms with Crippen molar-refractivity contribution in [1.82, 2.24) is 16.0 Å². The smallest absolute Gasteiger partial charge is 0.408 e. The first-order chi connectivity index (χ1) is 33.9. The number of carboxylic acid groups (broad SMARTS) is 1. The third-order valence-electron chi connectivity index (χ3n) is 9.94. The molecule has 6 atom stereocenters. The zero-order valence-corrected chi connectivity index (χ0v) is 43.1. The number of nitrogens with one attached hydrogen (secondary N) is 3. The third-order valence-corrected chi connectivity index (χ3v) is 17.8. The first-order valence-electron chi connectivity index (χ1n) is 21.7. The standard InChI is InChI=1S/C20H24NO6P.C14H20NO6P.C13H18NO6P/c1-3-28(24,25-2)18(19(22)26-14-16-10-6-4-7-11-16)21-20(23)27-15-17-12-8-5-9-13-17;1-4-22(18,20-3)12(13(16)19-2)15-14(17)21-10-11-8-6-5-7-9-11;1-3-21(18,19-2)11(12(15)16)14-13(17)20-9-10-7-5-4-6-8-10/h4-13,18H,3,14-15H2,1-2H3,(H,21,23);5-9,12H,4,10H2,1-3H3,(H,15,17);4-8,11H,3,9H2,1-2H3,(H,14,17)(H,15,16). The molecule has 0 fully saturated rings. The predicted octanol–water partition coefficient (Wildman–Crippen LogP) is 8.55. The summed E-state index contributed by atoms with van der Waals surface area (Å²) in [6.07, 6.45) is -2.60. The minimum absolute atomic E-state index is 0.00958. The summed E-state index contributed by atoms with van der Waals surface area (Å²) in [5.41, 5.74) is 3.10. The van der Waals surface area contributed by atoms with Crippen molar-refractivity contribution >= 4 is 58.3 Å². The molecule has 0 heterocycles. The molecule has 24 heteroatoms. The lowest BCUT2D eigenvalue weighted by Crippen LogP contribution is -2.42. The fourth-order valence-corrected chi connectivity index (χ4v) is 10.3. The van der Waals surface area contributed by atoms with Crippen LogP contribution in [0, 0.1) is 0 Å². The molecule has 0 spiro atoms. The topological polar surface area (TPSA) is 284 Å². The molecule has 0 saturated heterocycles. The van der Waals surface area contributed by atoms with Crippen LogP contribution in [-0.4, -0.2) is 106 Å². The molecule has 4 rings (SSSR count).